The average molecular weight is 494 g/mol. The Labute approximate surface area is 203 Å². The smallest absolute Gasteiger partial charge is 0.332 e. The van der Waals surface area contributed by atoms with E-state index in [4.69, 9.17) is 4.74 Å². The summed E-state index contributed by atoms with van der Waals surface area (Å²) in [5.74, 6) is 0.646. The van der Waals surface area contributed by atoms with Crippen molar-refractivity contribution in [3.8, 4) is 22.6 Å². The van der Waals surface area contributed by atoms with Gasteiger partial charge >= 0.3 is 5.69 Å². The van der Waals surface area contributed by atoms with Gasteiger partial charge in [-0.05, 0) is 34.6 Å². The normalized spacial score (nSPS) is 12.0. The van der Waals surface area contributed by atoms with Crippen LogP contribution in [0.3, 0.4) is 0 Å². The fourth-order valence-corrected chi connectivity index (χ4v) is 4.75. The highest BCUT2D eigenvalue weighted by Crippen LogP contribution is 2.44. The van der Waals surface area contributed by atoms with Crippen LogP contribution >= 0.6 is 0 Å². The third-order valence-corrected chi connectivity index (χ3v) is 6.29. The fraction of sp³-hybridized carbons (Fsp3) is 0.231. The molecule has 182 valence electrons. The fourth-order valence-electron chi connectivity index (χ4n) is 4.17. The van der Waals surface area contributed by atoms with Gasteiger partial charge in [-0.3, -0.25) is 19.1 Å². The van der Waals surface area contributed by atoms with Gasteiger partial charge in [-0.1, -0.05) is 51.1 Å². The molecule has 2 N–H and O–H groups in total. The number of nitrogens with zero attached hydrogens (tertiary/aromatic N) is 1. The lowest BCUT2D eigenvalue weighted by molar-refractivity contribution is 0.399. The quantitative estimate of drug-likeness (QED) is 0.436. The van der Waals surface area contributed by atoms with Crippen LogP contribution < -0.4 is 20.7 Å². The minimum absolute atomic E-state index is 0.338. The van der Waals surface area contributed by atoms with Crippen molar-refractivity contribution in [2.45, 2.75) is 26.2 Å². The first-order chi connectivity index (χ1) is 16.4. The topological polar surface area (TPSA) is 110 Å². The molecule has 1 aromatic heterocycles. The Bertz CT molecular complexity index is 1660. The summed E-state index contributed by atoms with van der Waals surface area (Å²) in [6, 6.07) is 16.0. The van der Waals surface area contributed by atoms with Crippen LogP contribution in [-0.4, -0.2) is 31.3 Å². The van der Waals surface area contributed by atoms with Gasteiger partial charge in [0.2, 0.25) is 10.0 Å². The summed E-state index contributed by atoms with van der Waals surface area (Å²) in [5.41, 5.74) is 2.07. The molecule has 1 heterocycles. The number of sulfonamides is 1. The molecule has 0 bridgehead atoms. The highest BCUT2D eigenvalue weighted by atomic mass is 32.2. The molecule has 0 atom stereocenters. The Kier molecular flexibility index (Phi) is 6.06. The van der Waals surface area contributed by atoms with Crippen LogP contribution in [0, 0.1) is 0 Å². The van der Waals surface area contributed by atoms with Crippen molar-refractivity contribution in [1.29, 1.82) is 0 Å². The Balaban J connectivity index is 2.09. The van der Waals surface area contributed by atoms with Gasteiger partial charge in [0.15, 0.2) is 0 Å². The SMILES string of the molecule is COc1c(-c2ccc(NS(C)(=O)=O)c3ccccc23)cc(-n2ccc(=O)[nH]c2=O)cc1C(C)(C)C. The maximum absolute atomic E-state index is 12.6. The van der Waals surface area contributed by atoms with E-state index < -0.39 is 21.3 Å². The van der Waals surface area contributed by atoms with Gasteiger partial charge in [0, 0.05) is 28.8 Å². The highest BCUT2D eigenvalue weighted by molar-refractivity contribution is 7.92. The number of rotatable bonds is 5. The maximum Gasteiger partial charge on any atom is 0.332 e. The molecule has 0 aliphatic rings. The summed E-state index contributed by atoms with van der Waals surface area (Å²) in [7, 11) is -1.88. The zero-order chi connectivity index (χ0) is 25.5. The molecule has 0 saturated carbocycles. The summed E-state index contributed by atoms with van der Waals surface area (Å²) >= 11 is 0. The van der Waals surface area contributed by atoms with Crippen molar-refractivity contribution in [3.05, 3.63) is 87.2 Å². The molecule has 4 rings (SSSR count). The summed E-state index contributed by atoms with van der Waals surface area (Å²) in [6.07, 6.45) is 2.55. The number of hydrogen-bond donors (Lipinski definition) is 2. The Morgan fingerprint density at radius 2 is 1.63 bits per heavy atom. The van der Waals surface area contributed by atoms with Gasteiger partial charge in [0.1, 0.15) is 5.75 Å². The third kappa shape index (κ3) is 4.85. The predicted octanol–water partition coefficient (Wildman–Crippen LogP) is 4.02. The predicted molar refractivity (Wildman–Crippen MR) is 139 cm³/mol. The lowest BCUT2D eigenvalue weighted by Gasteiger charge is -2.26. The van der Waals surface area contributed by atoms with E-state index in [0.717, 1.165) is 33.7 Å². The molecule has 0 spiro atoms. The summed E-state index contributed by atoms with van der Waals surface area (Å²) in [4.78, 5) is 26.5. The molecular formula is C26H27N3O5S. The zero-order valence-corrected chi connectivity index (χ0v) is 21.0. The molecule has 3 aromatic carbocycles. The molecule has 0 unspecified atom stereocenters. The minimum Gasteiger partial charge on any atom is -0.496 e. The first-order valence-electron chi connectivity index (χ1n) is 10.9. The first kappa shape index (κ1) is 24.3. The van der Waals surface area contributed by atoms with Crippen LogP contribution in [0.15, 0.2) is 70.4 Å². The number of hydrogen-bond acceptors (Lipinski definition) is 5. The Hall–Kier alpha value is -3.85. The van der Waals surface area contributed by atoms with Crippen LogP contribution in [0.25, 0.3) is 27.6 Å². The van der Waals surface area contributed by atoms with E-state index in [2.05, 4.69) is 9.71 Å². The van der Waals surface area contributed by atoms with Crippen LogP contribution in [0.4, 0.5) is 5.69 Å². The largest absolute Gasteiger partial charge is 0.496 e. The number of aromatic nitrogens is 2. The van der Waals surface area contributed by atoms with Crippen molar-refractivity contribution in [3.63, 3.8) is 0 Å². The van der Waals surface area contributed by atoms with Gasteiger partial charge < -0.3 is 4.74 Å². The molecule has 0 fully saturated rings. The van der Waals surface area contributed by atoms with Gasteiger partial charge in [0.25, 0.3) is 5.56 Å². The second kappa shape index (κ2) is 8.74. The number of anilines is 1. The standard InChI is InChI=1S/C26H27N3O5S/c1-26(2,3)21-15-16(29-13-12-23(30)27-25(29)31)14-20(24(21)34-4)18-10-11-22(28-35(5,32)33)19-9-7-6-8-17(18)19/h6-15,28H,1-5H3,(H,27,30,31). The van der Waals surface area contributed by atoms with Gasteiger partial charge in [-0.15, -0.1) is 0 Å². The van der Waals surface area contributed by atoms with Crippen molar-refractivity contribution in [1.82, 2.24) is 9.55 Å². The lowest BCUT2D eigenvalue weighted by atomic mass is 9.83. The first-order valence-corrected chi connectivity index (χ1v) is 12.8. The number of nitrogens with one attached hydrogen (secondary N) is 2. The molecule has 4 aromatic rings. The number of fused-ring (bicyclic) bond motifs is 1. The van der Waals surface area contributed by atoms with E-state index in [1.807, 2.05) is 63.2 Å². The second-order valence-corrected chi connectivity index (χ2v) is 11.1. The molecule has 0 amide bonds. The minimum atomic E-state index is -3.48. The van der Waals surface area contributed by atoms with E-state index in [1.165, 1.54) is 16.8 Å². The van der Waals surface area contributed by atoms with E-state index >= 15 is 0 Å². The number of methoxy groups -OCH3 is 1. The second-order valence-electron chi connectivity index (χ2n) is 9.38. The molecule has 9 heteroatoms. The van der Waals surface area contributed by atoms with Crippen LogP contribution in [0.2, 0.25) is 0 Å². The number of benzene rings is 3. The van der Waals surface area contributed by atoms with Crippen molar-refractivity contribution < 1.29 is 13.2 Å². The summed E-state index contributed by atoms with van der Waals surface area (Å²) in [6.45, 7) is 6.14. The van der Waals surface area contributed by atoms with Crippen molar-refractivity contribution in [2.75, 3.05) is 18.1 Å². The van der Waals surface area contributed by atoms with Crippen molar-refractivity contribution >= 4 is 26.5 Å². The number of aromatic amines is 1. The maximum atomic E-state index is 12.6. The monoisotopic (exact) mass is 493 g/mol. The molecule has 35 heavy (non-hydrogen) atoms. The summed E-state index contributed by atoms with van der Waals surface area (Å²) in [5, 5.41) is 1.53. The molecule has 8 nitrogen and oxygen atoms in total. The van der Waals surface area contributed by atoms with Gasteiger partial charge in [-0.25, -0.2) is 13.2 Å². The van der Waals surface area contributed by atoms with Crippen molar-refractivity contribution in [2.24, 2.45) is 0 Å². The number of H-pyrrole nitrogens is 1. The number of ether oxygens (including phenoxy) is 1. The Morgan fingerprint density at radius 3 is 2.23 bits per heavy atom. The van der Waals surface area contributed by atoms with E-state index in [9.17, 15) is 18.0 Å². The Morgan fingerprint density at radius 1 is 0.943 bits per heavy atom. The van der Waals surface area contributed by atoms with Gasteiger partial charge in [0.05, 0.1) is 24.7 Å². The van der Waals surface area contributed by atoms with E-state index in [0.29, 0.717) is 17.1 Å². The molecule has 0 aliphatic carbocycles. The van der Waals surface area contributed by atoms with E-state index in [1.54, 1.807) is 13.2 Å². The van der Waals surface area contributed by atoms with E-state index in [-0.39, 0.29) is 5.41 Å². The molecule has 0 saturated heterocycles. The average Bonchev–Trinajstić information content (AvgIpc) is 2.77. The van der Waals surface area contributed by atoms with Crippen LogP contribution in [0.1, 0.15) is 26.3 Å². The zero-order valence-electron chi connectivity index (χ0n) is 20.2. The molecule has 0 radical (unpaired) electrons. The van der Waals surface area contributed by atoms with Crippen LogP contribution in [-0.2, 0) is 15.4 Å². The summed E-state index contributed by atoms with van der Waals surface area (Å²) < 4.78 is 33.7. The van der Waals surface area contributed by atoms with Crippen LogP contribution in [0.5, 0.6) is 5.75 Å². The molecule has 0 aliphatic heterocycles. The highest BCUT2D eigenvalue weighted by Gasteiger charge is 2.25. The molecular weight excluding hydrogens is 466 g/mol. The third-order valence-electron chi connectivity index (χ3n) is 5.70. The lowest BCUT2D eigenvalue weighted by Crippen LogP contribution is -2.27. The van der Waals surface area contributed by atoms with Gasteiger partial charge in [-0.2, -0.15) is 0 Å².